The van der Waals surface area contributed by atoms with E-state index in [0.29, 0.717) is 0 Å². The number of aromatic nitrogens is 1. The van der Waals surface area contributed by atoms with Gasteiger partial charge in [0, 0.05) is 16.3 Å². The number of fused-ring (bicyclic) bond motifs is 2. The summed E-state index contributed by atoms with van der Waals surface area (Å²) in [6.45, 7) is 1.60. The first-order chi connectivity index (χ1) is 16.7. The summed E-state index contributed by atoms with van der Waals surface area (Å²) in [7, 11) is 0. The van der Waals surface area contributed by atoms with Crippen LogP contribution in [0.1, 0.15) is 17.3 Å². The molecule has 0 radical (unpaired) electrons. The molecule has 2 heteroatoms. The Labute approximate surface area is 198 Å². The van der Waals surface area contributed by atoms with Crippen LogP contribution in [0.15, 0.2) is 121 Å². The van der Waals surface area contributed by atoms with Gasteiger partial charge in [0.2, 0.25) is 0 Å². The SMILES string of the molecule is CC(=O)c1ccc(-c2cc3ccccc3n2-c2cc(-c3ccccc3)cc3ccccc23)cc1. The normalized spacial score (nSPS) is 11.2. The fourth-order valence-corrected chi connectivity index (χ4v) is 4.78. The molecule has 0 saturated carbocycles. The number of carbonyl (C=O) groups excluding carboxylic acids is 1. The highest BCUT2D eigenvalue weighted by molar-refractivity contribution is 5.99. The zero-order valence-corrected chi connectivity index (χ0v) is 18.9. The van der Waals surface area contributed by atoms with Crippen molar-refractivity contribution >= 4 is 27.5 Å². The molecule has 6 rings (SSSR count). The first-order valence-electron chi connectivity index (χ1n) is 11.5. The van der Waals surface area contributed by atoms with E-state index in [1.54, 1.807) is 6.92 Å². The highest BCUT2D eigenvalue weighted by atomic mass is 16.1. The average Bonchev–Trinajstić information content (AvgIpc) is 3.28. The van der Waals surface area contributed by atoms with Crippen molar-refractivity contribution in [1.82, 2.24) is 4.57 Å². The maximum absolute atomic E-state index is 11.8. The third-order valence-electron chi connectivity index (χ3n) is 6.49. The lowest BCUT2D eigenvalue weighted by Crippen LogP contribution is -1.99. The largest absolute Gasteiger partial charge is 0.309 e. The van der Waals surface area contributed by atoms with Crippen molar-refractivity contribution in [3.8, 4) is 28.1 Å². The molecular weight excluding hydrogens is 414 g/mol. The molecule has 34 heavy (non-hydrogen) atoms. The molecule has 0 fully saturated rings. The van der Waals surface area contributed by atoms with Crippen LogP contribution in [0.25, 0.3) is 49.7 Å². The molecule has 162 valence electrons. The van der Waals surface area contributed by atoms with Gasteiger partial charge in [-0.05, 0) is 53.3 Å². The Hall–Kier alpha value is -4.43. The number of benzene rings is 5. The standard InChI is InChI=1S/C32H23NO/c1-22(34)23-15-17-25(18-16-23)31-20-27-12-6-8-14-30(27)33(31)32-21-28(24-9-3-2-4-10-24)19-26-11-5-7-13-29(26)32/h2-21H,1H3. The molecule has 0 amide bonds. The molecular formula is C32H23NO. The molecule has 0 aliphatic rings. The second-order valence-corrected chi connectivity index (χ2v) is 8.64. The quantitative estimate of drug-likeness (QED) is 0.254. The predicted molar refractivity (Wildman–Crippen MR) is 142 cm³/mol. The Kier molecular flexibility index (Phi) is 4.85. The topological polar surface area (TPSA) is 22.0 Å². The monoisotopic (exact) mass is 437 g/mol. The van der Waals surface area contributed by atoms with Gasteiger partial charge in [-0.3, -0.25) is 4.79 Å². The molecule has 0 N–H and O–H groups in total. The van der Waals surface area contributed by atoms with Crippen LogP contribution in [-0.4, -0.2) is 10.4 Å². The van der Waals surface area contributed by atoms with Crippen LogP contribution in [-0.2, 0) is 0 Å². The lowest BCUT2D eigenvalue weighted by molar-refractivity contribution is 0.101. The van der Waals surface area contributed by atoms with Gasteiger partial charge >= 0.3 is 0 Å². The van der Waals surface area contributed by atoms with Gasteiger partial charge in [-0.1, -0.05) is 97.1 Å². The minimum Gasteiger partial charge on any atom is -0.309 e. The molecule has 2 nitrogen and oxygen atoms in total. The minimum atomic E-state index is 0.0775. The molecule has 1 aromatic heterocycles. The molecule has 0 atom stereocenters. The van der Waals surface area contributed by atoms with E-state index < -0.39 is 0 Å². The van der Waals surface area contributed by atoms with E-state index in [1.165, 1.54) is 27.3 Å². The first-order valence-corrected chi connectivity index (χ1v) is 11.5. The van der Waals surface area contributed by atoms with Crippen molar-refractivity contribution in [1.29, 1.82) is 0 Å². The van der Waals surface area contributed by atoms with Gasteiger partial charge < -0.3 is 4.57 Å². The number of Topliss-reactive ketones (excluding diaryl/α,β-unsaturated/α-hetero) is 1. The third-order valence-corrected chi connectivity index (χ3v) is 6.49. The van der Waals surface area contributed by atoms with Crippen LogP contribution >= 0.6 is 0 Å². The van der Waals surface area contributed by atoms with Gasteiger partial charge in [0.25, 0.3) is 0 Å². The summed E-state index contributed by atoms with van der Waals surface area (Å²) < 4.78 is 2.35. The number of rotatable bonds is 4. The van der Waals surface area contributed by atoms with Crippen molar-refractivity contribution in [2.75, 3.05) is 0 Å². The number of carbonyl (C=O) groups is 1. The van der Waals surface area contributed by atoms with E-state index in [-0.39, 0.29) is 5.78 Å². The zero-order chi connectivity index (χ0) is 23.1. The van der Waals surface area contributed by atoms with Crippen molar-refractivity contribution in [2.24, 2.45) is 0 Å². The molecule has 0 aliphatic carbocycles. The average molecular weight is 438 g/mol. The Morgan fingerprint density at radius 1 is 0.588 bits per heavy atom. The van der Waals surface area contributed by atoms with E-state index in [4.69, 9.17) is 0 Å². The van der Waals surface area contributed by atoms with Crippen LogP contribution in [0, 0.1) is 0 Å². The number of nitrogens with zero attached hydrogens (tertiary/aromatic N) is 1. The highest BCUT2D eigenvalue weighted by Gasteiger charge is 2.16. The Morgan fingerprint density at radius 2 is 1.26 bits per heavy atom. The molecule has 6 aromatic rings. The van der Waals surface area contributed by atoms with Gasteiger partial charge in [0.05, 0.1) is 16.9 Å². The van der Waals surface area contributed by atoms with Gasteiger partial charge in [0.15, 0.2) is 5.78 Å². The fourth-order valence-electron chi connectivity index (χ4n) is 4.78. The third kappa shape index (κ3) is 3.41. The summed E-state index contributed by atoms with van der Waals surface area (Å²) >= 11 is 0. The Balaban J connectivity index is 1.68. The molecule has 1 heterocycles. The predicted octanol–water partition coefficient (Wildman–Crippen LogP) is 8.32. The summed E-state index contributed by atoms with van der Waals surface area (Å²) in [5, 5.41) is 3.59. The van der Waals surface area contributed by atoms with E-state index in [9.17, 15) is 4.79 Å². The number of ketones is 1. The summed E-state index contributed by atoms with van der Waals surface area (Å²) in [6.07, 6.45) is 0. The van der Waals surface area contributed by atoms with Crippen molar-refractivity contribution in [3.63, 3.8) is 0 Å². The zero-order valence-electron chi connectivity index (χ0n) is 18.9. The van der Waals surface area contributed by atoms with Crippen LogP contribution in [0.3, 0.4) is 0 Å². The second kappa shape index (κ2) is 8.17. The van der Waals surface area contributed by atoms with Crippen molar-refractivity contribution < 1.29 is 4.79 Å². The van der Waals surface area contributed by atoms with E-state index in [0.717, 1.165) is 28.0 Å². The minimum absolute atomic E-state index is 0.0775. The van der Waals surface area contributed by atoms with Gasteiger partial charge in [-0.25, -0.2) is 0 Å². The molecule has 0 unspecified atom stereocenters. The molecule has 0 spiro atoms. The Morgan fingerprint density at radius 3 is 2.03 bits per heavy atom. The number of hydrogen-bond donors (Lipinski definition) is 0. The summed E-state index contributed by atoms with van der Waals surface area (Å²) in [5.74, 6) is 0.0775. The maximum atomic E-state index is 11.8. The van der Waals surface area contributed by atoms with Gasteiger partial charge in [-0.2, -0.15) is 0 Å². The van der Waals surface area contributed by atoms with Crippen LogP contribution in [0.5, 0.6) is 0 Å². The lowest BCUT2D eigenvalue weighted by Gasteiger charge is -2.16. The first kappa shape index (κ1) is 20.2. The molecule has 0 bridgehead atoms. The molecule has 5 aromatic carbocycles. The number of hydrogen-bond acceptors (Lipinski definition) is 1. The number of para-hydroxylation sites is 1. The van der Waals surface area contributed by atoms with Crippen molar-refractivity contribution in [3.05, 3.63) is 127 Å². The smallest absolute Gasteiger partial charge is 0.159 e. The van der Waals surface area contributed by atoms with E-state index in [1.807, 2.05) is 30.3 Å². The van der Waals surface area contributed by atoms with Crippen molar-refractivity contribution in [2.45, 2.75) is 6.92 Å². The van der Waals surface area contributed by atoms with Gasteiger partial charge in [-0.15, -0.1) is 0 Å². The second-order valence-electron chi connectivity index (χ2n) is 8.64. The van der Waals surface area contributed by atoms with E-state index in [2.05, 4.69) is 95.6 Å². The Bertz CT molecular complexity index is 1660. The maximum Gasteiger partial charge on any atom is 0.159 e. The van der Waals surface area contributed by atoms with Crippen LogP contribution < -0.4 is 0 Å². The lowest BCUT2D eigenvalue weighted by atomic mass is 9.99. The summed E-state index contributed by atoms with van der Waals surface area (Å²) in [4.78, 5) is 11.8. The van der Waals surface area contributed by atoms with Gasteiger partial charge in [0.1, 0.15) is 0 Å². The van der Waals surface area contributed by atoms with Crippen LogP contribution in [0.4, 0.5) is 0 Å². The summed E-state index contributed by atoms with van der Waals surface area (Å²) in [6, 6.07) is 42.3. The summed E-state index contributed by atoms with van der Waals surface area (Å²) in [5.41, 5.74) is 7.58. The molecule has 0 aliphatic heterocycles. The van der Waals surface area contributed by atoms with Crippen LogP contribution in [0.2, 0.25) is 0 Å². The fraction of sp³-hybridized carbons (Fsp3) is 0.0312. The molecule has 0 saturated heterocycles. The van der Waals surface area contributed by atoms with E-state index >= 15 is 0 Å². The highest BCUT2D eigenvalue weighted by Crippen LogP contribution is 2.37.